The molecule has 0 heterocycles. The Labute approximate surface area is 179 Å². The third kappa shape index (κ3) is 6.17. The predicted octanol–water partition coefficient (Wildman–Crippen LogP) is 6.79. The standard InChI is InChI=1S/C25H35F2NO2/c1-2-3-4-15-29-22-12-9-20(10-13-22)19-7-5-18(6-8-19)17-30-23-14-11-21(16-28)24(26)25(23)27/h11,14,18-20,22H,2-10,12-13,15,17H2,1H3. The first-order valence-corrected chi connectivity index (χ1v) is 11.7. The van der Waals surface area contributed by atoms with Gasteiger partial charge in [0.2, 0.25) is 5.82 Å². The smallest absolute Gasteiger partial charge is 0.201 e. The lowest BCUT2D eigenvalue weighted by Crippen LogP contribution is -2.29. The Balaban J connectivity index is 1.36. The SMILES string of the molecule is CCCCCOC1CCC(C2CCC(COc3ccc(C#N)c(F)c3F)CC2)CC1. The second kappa shape index (κ2) is 11.6. The third-order valence-electron chi connectivity index (χ3n) is 7.02. The molecule has 5 heteroatoms. The second-order valence-electron chi connectivity index (χ2n) is 9.06. The van der Waals surface area contributed by atoms with Crippen molar-refractivity contribution in [3.8, 4) is 11.8 Å². The molecular formula is C25H35F2NO2. The molecule has 1 aromatic rings. The topological polar surface area (TPSA) is 42.2 Å². The number of nitrogens with zero attached hydrogens (tertiary/aromatic N) is 1. The van der Waals surface area contributed by atoms with E-state index in [-0.39, 0.29) is 11.3 Å². The molecule has 0 radical (unpaired) electrons. The fraction of sp³-hybridized carbons (Fsp3) is 0.720. The highest BCUT2D eigenvalue weighted by Crippen LogP contribution is 2.40. The Morgan fingerprint density at radius 3 is 2.23 bits per heavy atom. The molecular weight excluding hydrogens is 384 g/mol. The third-order valence-corrected chi connectivity index (χ3v) is 7.02. The summed E-state index contributed by atoms with van der Waals surface area (Å²) in [6, 6.07) is 4.27. The van der Waals surface area contributed by atoms with Gasteiger partial charge in [0.05, 0.1) is 18.3 Å². The van der Waals surface area contributed by atoms with Gasteiger partial charge < -0.3 is 9.47 Å². The molecule has 166 valence electrons. The highest BCUT2D eigenvalue weighted by atomic mass is 19.2. The first-order chi connectivity index (χ1) is 14.6. The van der Waals surface area contributed by atoms with Crippen LogP contribution in [-0.2, 0) is 4.74 Å². The van der Waals surface area contributed by atoms with Gasteiger partial charge in [-0.2, -0.15) is 9.65 Å². The summed E-state index contributed by atoms with van der Waals surface area (Å²) in [5, 5.41) is 8.77. The number of benzene rings is 1. The number of hydrogen-bond acceptors (Lipinski definition) is 3. The van der Waals surface area contributed by atoms with Crippen molar-refractivity contribution in [1.82, 2.24) is 0 Å². The van der Waals surface area contributed by atoms with E-state index < -0.39 is 11.6 Å². The fourth-order valence-corrected chi connectivity index (χ4v) is 5.09. The van der Waals surface area contributed by atoms with Gasteiger partial charge in [0.15, 0.2) is 11.6 Å². The zero-order chi connectivity index (χ0) is 21.3. The lowest BCUT2D eigenvalue weighted by Gasteiger charge is -2.37. The number of nitriles is 1. The van der Waals surface area contributed by atoms with Crippen LogP contribution < -0.4 is 4.74 Å². The summed E-state index contributed by atoms with van der Waals surface area (Å²) in [5.74, 6) is -0.289. The Morgan fingerprint density at radius 2 is 1.60 bits per heavy atom. The van der Waals surface area contributed by atoms with Crippen LogP contribution in [0.5, 0.6) is 5.75 Å². The predicted molar refractivity (Wildman–Crippen MR) is 113 cm³/mol. The molecule has 0 aromatic heterocycles. The van der Waals surface area contributed by atoms with Crippen LogP contribution in [0.25, 0.3) is 0 Å². The van der Waals surface area contributed by atoms with Crippen LogP contribution in [0.3, 0.4) is 0 Å². The van der Waals surface area contributed by atoms with Crippen LogP contribution in [0.2, 0.25) is 0 Å². The molecule has 0 aliphatic heterocycles. The van der Waals surface area contributed by atoms with Crippen LogP contribution in [0.1, 0.15) is 83.1 Å². The maximum absolute atomic E-state index is 14.0. The first kappa shape index (κ1) is 23.0. The molecule has 1 aromatic carbocycles. The van der Waals surface area contributed by atoms with Crippen LogP contribution in [0.15, 0.2) is 12.1 Å². The number of hydrogen-bond donors (Lipinski definition) is 0. The van der Waals surface area contributed by atoms with Crippen LogP contribution in [0, 0.1) is 40.7 Å². The Hall–Kier alpha value is -1.67. The summed E-state index contributed by atoms with van der Waals surface area (Å²) in [6.07, 6.45) is 13.7. The second-order valence-corrected chi connectivity index (χ2v) is 9.06. The van der Waals surface area contributed by atoms with Gasteiger partial charge in [0.25, 0.3) is 0 Å². The molecule has 0 atom stereocenters. The molecule has 3 rings (SSSR count). The molecule has 0 N–H and O–H groups in total. The molecule has 2 aliphatic carbocycles. The van der Waals surface area contributed by atoms with E-state index in [4.69, 9.17) is 14.7 Å². The summed E-state index contributed by atoms with van der Waals surface area (Å²) >= 11 is 0. The van der Waals surface area contributed by atoms with Gasteiger partial charge >= 0.3 is 0 Å². The highest BCUT2D eigenvalue weighted by molar-refractivity contribution is 5.37. The summed E-state index contributed by atoms with van der Waals surface area (Å²) in [5.41, 5.74) is -0.290. The molecule has 0 saturated heterocycles. The molecule has 30 heavy (non-hydrogen) atoms. The molecule has 0 bridgehead atoms. The minimum absolute atomic E-state index is 0.0918. The minimum atomic E-state index is -1.12. The van der Waals surface area contributed by atoms with Gasteiger partial charge in [-0.3, -0.25) is 0 Å². The molecule has 2 aliphatic rings. The fourth-order valence-electron chi connectivity index (χ4n) is 5.09. The first-order valence-electron chi connectivity index (χ1n) is 11.7. The number of rotatable bonds is 9. The Morgan fingerprint density at radius 1 is 0.933 bits per heavy atom. The van der Waals surface area contributed by atoms with Crippen molar-refractivity contribution in [1.29, 1.82) is 5.26 Å². The summed E-state index contributed by atoms with van der Waals surface area (Å²) in [4.78, 5) is 0. The number of halogens is 2. The maximum atomic E-state index is 14.0. The van der Waals surface area contributed by atoms with E-state index in [1.54, 1.807) is 6.07 Å². The molecule has 2 fully saturated rings. The van der Waals surface area contributed by atoms with Gasteiger partial charge in [0, 0.05) is 6.61 Å². The number of ether oxygens (including phenoxy) is 2. The average Bonchev–Trinajstić information content (AvgIpc) is 2.79. The van der Waals surface area contributed by atoms with E-state index in [0.717, 1.165) is 31.3 Å². The van der Waals surface area contributed by atoms with Crippen LogP contribution >= 0.6 is 0 Å². The zero-order valence-corrected chi connectivity index (χ0v) is 18.2. The van der Waals surface area contributed by atoms with Crippen molar-refractivity contribution >= 4 is 0 Å². The van der Waals surface area contributed by atoms with Gasteiger partial charge in [-0.15, -0.1) is 0 Å². The van der Waals surface area contributed by atoms with E-state index in [9.17, 15) is 8.78 Å². The Kier molecular flexibility index (Phi) is 8.93. The highest BCUT2D eigenvalue weighted by Gasteiger charge is 2.31. The molecule has 2 saturated carbocycles. The largest absolute Gasteiger partial charge is 0.490 e. The zero-order valence-electron chi connectivity index (χ0n) is 18.2. The van der Waals surface area contributed by atoms with E-state index in [2.05, 4.69) is 6.92 Å². The van der Waals surface area contributed by atoms with Crippen molar-refractivity contribution in [2.75, 3.05) is 13.2 Å². The monoisotopic (exact) mass is 419 g/mol. The van der Waals surface area contributed by atoms with E-state index >= 15 is 0 Å². The van der Waals surface area contributed by atoms with Crippen LogP contribution in [0.4, 0.5) is 8.78 Å². The molecule has 0 spiro atoms. The summed E-state index contributed by atoms with van der Waals surface area (Å²) in [6.45, 7) is 3.54. The van der Waals surface area contributed by atoms with E-state index in [1.807, 2.05) is 0 Å². The van der Waals surface area contributed by atoms with Gasteiger partial charge in [-0.1, -0.05) is 19.8 Å². The van der Waals surface area contributed by atoms with Crippen molar-refractivity contribution < 1.29 is 18.3 Å². The summed E-state index contributed by atoms with van der Waals surface area (Å²) in [7, 11) is 0. The normalized spacial score (nSPS) is 26.9. The summed E-state index contributed by atoms with van der Waals surface area (Å²) < 4.78 is 39.3. The van der Waals surface area contributed by atoms with Crippen molar-refractivity contribution in [3.05, 3.63) is 29.3 Å². The molecule has 0 unspecified atom stereocenters. The quantitative estimate of drug-likeness (QED) is 0.414. The average molecular weight is 420 g/mol. The van der Waals surface area contributed by atoms with Crippen molar-refractivity contribution in [2.24, 2.45) is 17.8 Å². The minimum Gasteiger partial charge on any atom is -0.490 e. The van der Waals surface area contributed by atoms with E-state index in [1.165, 1.54) is 69.9 Å². The lowest BCUT2D eigenvalue weighted by molar-refractivity contribution is 0.00480. The van der Waals surface area contributed by atoms with Crippen LogP contribution in [-0.4, -0.2) is 19.3 Å². The van der Waals surface area contributed by atoms with Gasteiger partial charge in [-0.25, -0.2) is 4.39 Å². The van der Waals surface area contributed by atoms with Crippen molar-refractivity contribution in [3.63, 3.8) is 0 Å². The Bertz CT molecular complexity index is 702. The van der Waals surface area contributed by atoms with Gasteiger partial charge in [0.1, 0.15) is 6.07 Å². The van der Waals surface area contributed by atoms with Crippen molar-refractivity contribution in [2.45, 2.75) is 83.7 Å². The van der Waals surface area contributed by atoms with E-state index in [0.29, 0.717) is 18.6 Å². The molecule has 3 nitrogen and oxygen atoms in total. The maximum Gasteiger partial charge on any atom is 0.201 e. The van der Waals surface area contributed by atoms with Gasteiger partial charge in [-0.05, 0) is 87.7 Å². The molecule has 0 amide bonds. The lowest BCUT2D eigenvalue weighted by atomic mass is 9.71. The number of unbranched alkanes of at least 4 members (excludes halogenated alkanes) is 2.